The molecular weight excluding hydrogens is 212 g/mol. The van der Waals surface area contributed by atoms with Gasteiger partial charge in [-0.05, 0) is 18.2 Å². The second kappa shape index (κ2) is 6.09. The SMILES string of the molecule is COc1cc(C=O)ccc1OC(OC)OC. The molecule has 0 atom stereocenters. The lowest BCUT2D eigenvalue weighted by Gasteiger charge is -2.17. The number of rotatable bonds is 6. The van der Waals surface area contributed by atoms with Gasteiger partial charge in [-0.1, -0.05) is 0 Å². The van der Waals surface area contributed by atoms with E-state index in [9.17, 15) is 4.79 Å². The number of benzene rings is 1. The minimum Gasteiger partial charge on any atom is -0.493 e. The summed E-state index contributed by atoms with van der Waals surface area (Å²) < 4.78 is 20.2. The maximum atomic E-state index is 10.6. The van der Waals surface area contributed by atoms with E-state index >= 15 is 0 Å². The van der Waals surface area contributed by atoms with Gasteiger partial charge in [0.1, 0.15) is 6.29 Å². The van der Waals surface area contributed by atoms with Gasteiger partial charge in [0.15, 0.2) is 11.5 Å². The number of ether oxygens (including phenoxy) is 4. The highest BCUT2D eigenvalue weighted by Crippen LogP contribution is 2.28. The van der Waals surface area contributed by atoms with Crippen LogP contribution >= 0.6 is 0 Å². The van der Waals surface area contributed by atoms with E-state index < -0.39 is 6.48 Å². The van der Waals surface area contributed by atoms with Crippen LogP contribution < -0.4 is 9.47 Å². The van der Waals surface area contributed by atoms with Crippen LogP contribution in [0.5, 0.6) is 11.5 Å². The summed E-state index contributed by atoms with van der Waals surface area (Å²) >= 11 is 0. The van der Waals surface area contributed by atoms with E-state index in [0.29, 0.717) is 17.1 Å². The van der Waals surface area contributed by atoms with Crippen molar-refractivity contribution in [3.05, 3.63) is 23.8 Å². The average molecular weight is 226 g/mol. The third-order valence-electron chi connectivity index (χ3n) is 1.93. The molecule has 1 rings (SSSR count). The molecule has 0 saturated heterocycles. The first-order chi connectivity index (χ1) is 7.74. The predicted molar refractivity (Wildman–Crippen MR) is 56.8 cm³/mol. The Bertz CT molecular complexity index is 346. The van der Waals surface area contributed by atoms with E-state index in [-0.39, 0.29) is 0 Å². The zero-order chi connectivity index (χ0) is 12.0. The van der Waals surface area contributed by atoms with Crippen molar-refractivity contribution in [2.24, 2.45) is 0 Å². The second-order valence-corrected chi connectivity index (χ2v) is 2.91. The number of hydrogen-bond donors (Lipinski definition) is 0. The zero-order valence-electron chi connectivity index (χ0n) is 9.43. The van der Waals surface area contributed by atoms with Gasteiger partial charge in [0.2, 0.25) is 0 Å². The van der Waals surface area contributed by atoms with E-state index in [1.807, 2.05) is 0 Å². The normalized spacial score (nSPS) is 10.2. The molecule has 0 aliphatic rings. The van der Waals surface area contributed by atoms with Crippen LogP contribution in [0, 0.1) is 0 Å². The third-order valence-corrected chi connectivity index (χ3v) is 1.93. The lowest BCUT2D eigenvalue weighted by atomic mass is 10.2. The van der Waals surface area contributed by atoms with Crippen LogP contribution in [0.3, 0.4) is 0 Å². The Balaban J connectivity index is 2.90. The van der Waals surface area contributed by atoms with Gasteiger partial charge in [-0.2, -0.15) is 0 Å². The van der Waals surface area contributed by atoms with E-state index in [0.717, 1.165) is 6.29 Å². The Morgan fingerprint density at radius 3 is 2.31 bits per heavy atom. The number of carbonyl (C=O) groups is 1. The van der Waals surface area contributed by atoms with Crippen molar-refractivity contribution in [1.29, 1.82) is 0 Å². The Morgan fingerprint density at radius 2 is 1.81 bits per heavy atom. The van der Waals surface area contributed by atoms with Gasteiger partial charge in [-0.15, -0.1) is 0 Å². The molecule has 88 valence electrons. The molecule has 1 aromatic rings. The van der Waals surface area contributed by atoms with Crippen LogP contribution in [0.15, 0.2) is 18.2 Å². The largest absolute Gasteiger partial charge is 0.493 e. The van der Waals surface area contributed by atoms with Crippen LogP contribution in [0.25, 0.3) is 0 Å². The summed E-state index contributed by atoms with van der Waals surface area (Å²) in [6.07, 6.45) is 0.733. The Labute approximate surface area is 93.9 Å². The molecule has 0 N–H and O–H groups in total. The third kappa shape index (κ3) is 2.95. The molecule has 0 amide bonds. The summed E-state index contributed by atoms with van der Waals surface area (Å²) in [6, 6.07) is 4.81. The summed E-state index contributed by atoms with van der Waals surface area (Å²) in [5.74, 6) is 0.894. The topological polar surface area (TPSA) is 54.0 Å². The average Bonchev–Trinajstić information content (AvgIpc) is 2.35. The zero-order valence-corrected chi connectivity index (χ0v) is 9.43. The fourth-order valence-electron chi connectivity index (χ4n) is 1.15. The van der Waals surface area contributed by atoms with Crippen molar-refractivity contribution in [3.8, 4) is 11.5 Å². The molecule has 0 aliphatic heterocycles. The maximum Gasteiger partial charge on any atom is 0.315 e. The fourth-order valence-corrected chi connectivity index (χ4v) is 1.15. The van der Waals surface area contributed by atoms with Crippen molar-refractivity contribution in [3.63, 3.8) is 0 Å². The molecule has 0 saturated carbocycles. The lowest BCUT2D eigenvalue weighted by Crippen LogP contribution is -2.21. The van der Waals surface area contributed by atoms with E-state index in [1.54, 1.807) is 18.2 Å². The van der Waals surface area contributed by atoms with Crippen molar-refractivity contribution < 1.29 is 23.7 Å². The molecule has 5 nitrogen and oxygen atoms in total. The molecule has 0 radical (unpaired) electrons. The fraction of sp³-hybridized carbons (Fsp3) is 0.364. The first-order valence-electron chi connectivity index (χ1n) is 4.60. The van der Waals surface area contributed by atoms with Crippen molar-refractivity contribution >= 4 is 6.29 Å². The van der Waals surface area contributed by atoms with Gasteiger partial charge in [0.25, 0.3) is 0 Å². The van der Waals surface area contributed by atoms with Crippen LogP contribution in [0.2, 0.25) is 0 Å². The Hall–Kier alpha value is -1.59. The maximum absolute atomic E-state index is 10.6. The van der Waals surface area contributed by atoms with Gasteiger partial charge in [0, 0.05) is 19.8 Å². The van der Waals surface area contributed by atoms with Gasteiger partial charge in [0.05, 0.1) is 7.11 Å². The molecule has 0 bridgehead atoms. The number of aldehydes is 1. The summed E-state index contributed by atoms with van der Waals surface area (Å²) in [6.45, 7) is -0.809. The summed E-state index contributed by atoms with van der Waals surface area (Å²) in [5.41, 5.74) is 0.510. The monoisotopic (exact) mass is 226 g/mol. The highest BCUT2D eigenvalue weighted by Gasteiger charge is 2.11. The van der Waals surface area contributed by atoms with Crippen molar-refractivity contribution in [2.75, 3.05) is 21.3 Å². The second-order valence-electron chi connectivity index (χ2n) is 2.91. The first kappa shape index (κ1) is 12.5. The summed E-state index contributed by atoms with van der Waals surface area (Å²) in [5, 5.41) is 0. The molecule has 0 spiro atoms. The number of carbonyl (C=O) groups excluding carboxylic acids is 1. The molecule has 1 aromatic carbocycles. The number of methoxy groups -OCH3 is 3. The summed E-state index contributed by atoms with van der Waals surface area (Å²) in [7, 11) is 4.41. The molecule has 0 unspecified atom stereocenters. The molecule has 0 aliphatic carbocycles. The number of hydrogen-bond acceptors (Lipinski definition) is 5. The van der Waals surface area contributed by atoms with Crippen molar-refractivity contribution in [1.82, 2.24) is 0 Å². The quantitative estimate of drug-likeness (QED) is 0.543. The summed E-state index contributed by atoms with van der Waals surface area (Å²) in [4.78, 5) is 10.6. The van der Waals surface area contributed by atoms with E-state index in [1.165, 1.54) is 21.3 Å². The van der Waals surface area contributed by atoms with Crippen LogP contribution in [-0.4, -0.2) is 34.1 Å². The highest BCUT2D eigenvalue weighted by atomic mass is 16.8. The molecule has 0 fully saturated rings. The Kier molecular flexibility index (Phi) is 4.75. The van der Waals surface area contributed by atoms with Crippen LogP contribution in [0.1, 0.15) is 10.4 Å². The van der Waals surface area contributed by atoms with Gasteiger partial charge >= 0.3 is 6.48 Å². The minimum atomic E-state index is -0.809. The van der Waals surface area contributed by atoms with E-state index in [4.69, 9.17) is 18.9 Å². The molecule has 0 heterocycles. The van der Waals surface area contributed by atoms with E-state index in [2.05, 4.69) is 0 Å². The van der Waals surface area contributed by atoms with Gasteiger partial charge < -0.3 is 18.9 Å². The highest BCUT2D eigenvalue weighted by molar-refractivity contribution is 5.76. The molecular formula is C11H14O5. The molecule has 0 aromatic heterocycles. The molecule has 5 heteroatoms. The van der Waals surface area contributed by atoms with Crippen LogP contribution in [0.4, 0.5) is 0 Å². The lowest BCUT2D eigenvalue weighted by molar-refractivity contribution is -0.219. The van der Waals surface area contributed by atoms with Gasteiger partial charge in [-0.25, -0.2) is 0 Å². The van der Waals surface area contributed by atoms with Gasteiger partial charge in [-0.3, -0.25) is 4.79 Å². The minimum absolute atomic E-state index is 0.446. The van der Waals surface area contributed by atoms with Crippen LogP contribution in [-0.2, 0) is 9.47 Å². The Morgan fingerprint density at radius 1 is 1.12 bits per heavy atom. The first-order valence-corrected chi connectivity index (χ1v) is 4.60. The molecule has 16 heavy (non-hydrogen) atoms. The predicted octanol–water partition coefficient (Wildman–Crippen LogP) is 1.46. The smallest absolute Gasteiger partial charge is 0.315 e. The van der Waals surface area contributed by atoms with Crippen molar-refractivity contribution in [2.45, 2.75) is 6.48 Å². The standard InChI is InChI=1S/C11H14O5/c1-13-10-6-8(7-12)4-5-9(10)16-11(14-2)15-3/h4-7,11H,1-3H3.